The first-order valence-electron chi connectivity index (χ1n) is 9.70. The van der Waals surface area contributed by atoms with Crippen LogP contribution in [0, 0.1) is 6.92 Å². The highest BCUT2D eigenvalue weighted by Crippen LogP contribution is 2.24. The molecular formula is C20H27N5O. The zero-order chi connectivity index (χ0) is 17.9. The molecule has 138 valence electrons. The number of nitrogens with one attached hydrogen (secondary N) is 1. The maximum Gasteiger partial charge on any atom is 0.276 e. The van der Waals surface area contributed by atoms with Crippen LogP contribution in [0.2, 0.25) is 0 Å². The lowest BCUT2D eigenvalue weighted by Crippen LogP contribution is -2.37. The largest absolute Gasteiger partial charge is 0.334 e. The van der Waals surface area contributed by atoms with Crippen molar-refractivity contribution >= 4 is 5.91 Å². The van der Waals surface area contributed by atoms with Gasteiger partial charge < -0.3 is 10.2 Å². The minimum absolute atomic E-state index is 0.0276. The molecule has 1 aromatic heterocycles. The van der Waals surface area contributed by atoms with Gasteiger partial charge in [-0.3, -0.25) is 4.79 Å². The Morgan fingerprint density at radius 2 is 1.96 bits per heavy atom. The number of hydrogen-bond donors (Lipinski definition) is 1. The van der Waals surface area contributed by atoms with E-state index in [1.807, 2.05) is 15.8 Å². The maximum atomic E-state index is 13.0. The van der Waals surface area contributed by atoms with E-state index in [1.165, 1.54) is 11.1 Å². The number of carbonyl (C=O) groups is 1. The molecule has 4 rings (SSSR count). The molecule has 1 N–H and O–H groups in total. The number of carbonyl (C=O) groups excluding carboxylic acids is 1. The first-order chi connectivity index (χ1) is 12.7. The van der Waals surface area contributed by atoms with Crippen molar-refractivity contribution < 1.29 is 4.79 Å². The highest BCUT2D eigenvalue weighted by Gasteiger charge is 2.31. The van der Waals surface area contributed by atoms with Gasteiger partial charge >= 0.3 is 0 Å². The number of amides is 1. The molecule has 1 atom stereocenters. The van der Waals surface area contributed by atoms with Crippen molar-refractivity contribution in [3.63, 3.8) is 0 Å². The standard InChI is InChI=1S/C20H27N5O/c1-15-4-6-16(7-5-15)13-18-3-2-12-24(18)20(26)19-14-25(23-22-19)17-8-10-21-11-9-17/h4-7,14,17-18,21H,2-3,8-13H2,1H3. The van der Waals surface area contributed by atoms with Crippen molar-refractivity contribution in [3.8, 4) is 0 Å². The van der Waals surface area contributed by atoms with Crippen LogP contribution in [0.5, 0.6) is 0 Å². The number of nitrogens with zero attached hydrogens (tertiary/aromatic N) is 4. The van der Waals surface area contributed by atoms with E-state index >= 15 is 0 Å². The van der Waals surface area contributed by atoms with Crippen LogP contribution in [0.25, 0.3) is 0 Å². The van der Waals surface area contributed by atoms with Crippen molar-refractivity contribution in [2.45, 2.75) is 51.1 Å². The van der Waals surface area contributed by atoms with Crippen LogP contribution in [0.4, 0.5) is 0 Å². The van der Waals surface area contributed by atoms with Crippen molar-refractivity contribution in [3.05, 3.63) is 47.3 Å². The molecule has 2 aliphatic rings. The Morgan fingerprint density at radius 3 is 2.73 bits per heavy atom. The number of hydrogen-bond acceptors (Lipinski definition) is 4. The molecule has 1 amide bonds. The summed E-state index contributed by atoms with van der Waals surface area (Å²) in [6.07, 6.45) is 6.95. The summed E-state index contributed by atoms with van der Waals surface area (Å²) in [5, 5.41) is 11.8. The lowest BCUT2D eigenvalue weighted by Gasteiger charge is -2.24. The van der Waals surface area contributed by atoms with Gasteiger partial charge in [0.05, 0.1) is 12.2 Å². The molecule has 0 radical (unpaired) electrons. The smallest absolute Gasteiger partial charge is 0.276 e. The lowest BCUT2D eigenvalue weighted by molar-refractivity contribution is 0.0730. The topological polar surface area (TPSA) is 63.1 Å². The number of benzene rings is 1. The predicted octanol–water partition coefficient (Wildman–Crippen LogP) is 2.36. The average Bonchev–Trinajstić information content (AvgIpc) is 3.34. The number of aryl methyl sites for hydroxylation is 1. The van der Waals surface area contributed by atoms with E-state index in [9.17, 15) is 4.79 Å². The number of piperidine rings is 1. The third-order valence-electron chi connectivity index (χ3n) is 5.64. The lowest BCUT2D eigenvalue weighted by atomic mass is 10.0. The van der Waals surface area contributed by atoms with Crippen molar-refractivity contribution in [2.24, 2.45) is 0 Å². The van der Waals surface area contributed by atoms with E-state index in [0.29, 0.717) is 11.7 Å². The molecule has 2 aromatic rings. The Labute approximate surface area is 154 Å². The fourth-order valence-corrected chi connectivity index (χ4v) is 4.08. The second-order valence-corrected chi connectivity index (χ2v) is 7.55. The van der Waals surface area contributed by atoms with E-state index in [1.54, 1.807) is 0 Å². The van der Waals surface area contributed by atoms with Crippen LogP contribution in [0.3, 0.4) is 0 Å². The molecule has 0 aliphatic carbocycles. The van der Waals surface area contributed by atoms with Crippen molar-refractivity contribution in [1.82, 2.24) is 25.2 Å². The van der Waals surface area contributed by atoms with Gasteiger partial charge in [0, 0.05) is 12.6 Å². The first kappa shape index (κ1) is 17.2. The number of likely N-dealkylation sites (tertiary alicyclic amines) is 1. The summed E-state index contributed by atoms with van der Waals surface area (Å²) in [7, 11) is 0. The molecular weight excluding hydrogens is 326 g/mol. The monoisotopic (exact) mass is 353 g/mol. The zero-order valence-corrected chi connectivity index (χ0v) is 15.4. The van der Waals surface area contributed by atoms with Gasteiger partial charge in [0.1, 0.15) is 0 Å². The molecule has 2 aliphatic heterocycles. The Balaban J connectivity index is 1.44. The quantitative estimate of drug-likeness (QED) is 0.916. The maximum absolute atomic E-state index is 13.0. The SMILES string of the molecule is Cc1ccc(CC2CCCN2C(=O)c2cn(C3CCNCC3)nn2)cc1. The first-order valence-corrected chi connectivity index (χ1v) is 9.70. The van der Waals surface area contributed by atoms with Gasteiger partial charge in [0.25, 0.3) is 5.91 Å². The van der Waals surface area contributed by atoms with Gasteiger partial charge in [-0.25, -0.2) is 4.68 Å². The van der Waals surface area contributed by atoms with Crippen LogP contribution in [0.1, 0.15) is 53.3 Å². The van der Waals surface area contributed by atoms with E-state index in [2.05, 4.69) is 46.8 Å². The van der Waals surface area contributed by atoms with Crippen LogP contribution in [-0.2, 0) is 6.42 Å². The molecule has 0 spiro atoms. The third kappa shape index (κ3) is 3.65. The van der Waals surface area contributed by atoms with Gasteiger partial charge in [-0.05, 0) is 57.7 Å². The second-order valence-electron chi connectivity index (χ2n) is 7.55. The van der Waals surface area contributed by atoms with Crippen molar-refractivity contribution in [1.29, 1.82) is 0 Å². The summed E-state index contributed by atoms with van der Waals surface area (Å²) in [6, 6.07) is 9.23. The molecule has 26 heavy (non-hydrogen) atoms. The Kier molecular flexibility index (Phi) is 5.02. The molecule has 1 unspecified atom stereocenters. The molecule has 0 saturated carbocycles. The van der Waals surface area contributed by atoms with Crippen LogP contribution in [-0.4, -0.2) is 51.5 Å². The van der Waals surface area contributed by atoms with Gasteiger partial charge in [-0.1, -0.05) is 35.0 Å². The van der Waals surface area contributed by atoms with Gasteiger partial charge in [-0.2, -0.15) is 0 Å². The molecule has 2 fully saturated rings. The van der Waals surface area contributed by atoms with E-state index in [4.69, 9.17) is 0 Å². The van der Waals surface area contributed by atoms with Crippen LogP contribution < -0.4 is 5.32 Å². The molecule has 0 bridgehead atoms. The Hall–Kier alpha value is -2.21. The van der Waals surface area contributed by atoms with E-state index in [-0.39, 0.29) is 11.9 Å². The fourth-order valence-electron chi connectivity index (χ4n) is 4.08. The predicted molar refractivity (Wildman–Crippen MR) is 100 cm³/mol. The Bertz CT molecular complexity index is 748. The Morgan fingerprint density at radius 1 is 1.19 bits per heavy atom. The summed E-state index contributed by atoms with van der Waals surface area (Å²) >= 11 is 0. The molecule has 6 nitrogen and oxygen atoms in total. The number of rotatable bonds is 4. The van der Waals surface area contributed by atoms with E-state index in [0.717, 1.165) is 51.7 Å². The fraction of sp³-hybridized carbons (Fsp3) is 0.550. The van der Waals surface area contributed by atoms with E-state index < -0.39 is 0 Å². The summed E-state index contributed by atoms with van der Waals surface area (Å²) in [6.45, 7) is 4.91. The summed E-state index contributed by atoms with van der Waals surface area (Å²) < 4.78 is 1.89. The average molecular weight is 353 g/mol. The summed E-state index contributed by atoms with van der Waals surface area (Å²) in [5.74, 6) is 0.0276. The molecule has 6 heteroatoms. The van der Waals surface area contributed by atoms with Gasteiger partial charge in [-0.15, -0.1) is 5.10 Å². The van der Waals surface area contributed by atoms with Crippen LogP contribution >= 0.6 is 0 Å². The highest BCUT2D eigenvalue weighted by molar-refractivity contribution is 5.92. The van der Waals surface area contributed by atoms with Gasteiger partial charge in [0.2, 0.25) is 0 Å². The highest BCUT2D eigenvalue weighted by atomic mass is 16.2. The number of aromatic nitrogens is 3. The van der Waals surface area contributed by atoms with Crippen molar-refractivity contribution in [2.75, 3.05) is 19.6 Å². The van der Waals surface area contributed by atoms with Crippen LogP contribution in [0.15, 0.2) is 30.5 Å². The normalized spacial score (nSPS) is 21.3. The van der Waals surface area contributed by atoms with Gasteiger partial charge in [0.15, 0.2) is 5.69 Å². The molecule has 1 aromatic carbocycles. The molecule has 3 heterocycles. The molecule has 2 saturated heterocycles. The minimum atomic E-state index is 0.0276. The summed E-state index contributed by atoms with van der Waals surface area (Å²) in [4.78, 5) is 15.0. The zero-order valence-electron chi connectivity index (χ0n) is 15.4. The minimum Gasteiger partial charge on any atom is -0.334 e. The second kappa shape index (κ2) is 7.58. The summed E-state index contributed by atoms with van der Waals surface area (Å²) in [5.41, 5.74) is 3.04. The third-order valence-corrected chi connectivity index (χ3v) is 5.64.